The SMILES string of the molecule is C=C(OCC(=O)[C@@]12OC(CCC)O[C@@H]1C[C@H]1[C@@H]3C[C@H](F)C4=CC(=O)C=C[C@]4(C)[C@@]3(F)[C@@H](O)C[C@@]12C)[C@@H](CC(=O)[C@@H](C)CO)CC(C)C.O. The molecule has 0 aromatic carbocycles. The van der Waals surface area contributed by atoms with Gasteiger partial charge in [0.25, 0.3) is 0 Å². The summed E-state index contributed by atoms with van der Waals surface area (Å²) in [7, 11) is 0. The molecule has 1 unspecified atom stereocenters. The van der Waals surface area contributed by atoms with E-state index in [0.29, 0.717) is 12.8 Å². The quantitative estimate of drug-likeness (QED) is 0.265. The summed E-state index contributed by atoms with van der Waals surface area (Å²) in [6, 6.07) is 0. The van der Waals surface area contributed by atoms with Crippen molar-refractivity contribution in [2.75, 3.05) is 13.2 Å². The third-order valence-electron chi connectivity index (χ3n) is 12.2. The Kier molecular flexibility index (Phi) is 11.0. The fraction of sp³-hybridized carbons (Fsp3) is 0.757. The summed E-state index contributed by atoms with van der Waals surface area (Å²) < 4.78 is 52.6. The highest BCUT2D eigenvalue weighted by molar-refractivity contribution is 6.01. The molecule has 1 heterocycles. The van der Waals surface area contributed by atoms with Crippen LogP contribution in [0.5, 0.6) is 0 Å². The molecule has 0 aromatic rings. The highest BCUT2D eigenvalue weighted by Crippen LogP contribution is 2.72. The maximum Gasteiger partial charge on any atom is 0.205 e. The number of alkyl halides is 2. The van der Waals surface area contributed by atoms with E-state index in [1.54, 1.807) is 13.8 Å². The smallest absolute Gasteiger partial charge is 0.205 e. The molecule has 1 saturated heterocycles. The van der Waals surface area contributed by atoms with Crippen molar-refractivity contribution in [1.29, 1.82) is 0 Å². The summed E-state index contributed by atoms with van der Waals surface area (Å²) >= 11 is 0. The van der Waals surface area contributed by atoms with Crippen LogP contribution in [0.2, 0.25) is 0 Å². The Labute approximate surface area is 282 Å². The minimum atomic E-state index is -2.29. The molecule has 1 aliphatic heterocycles. The van der Waals surface area contributed by atoms with Crippen molar-refractivity contribution in [1.82, 2.24) is 0 Å². The molecular formula is C37H54F2O9. The number of rotatable bonds is 13. The lowest BCUT2D eigenvalue weighted by atomic mass is 9.44. The molecule has 4 N–H and O–H groups in total. The predicted octanol–water partition coefficient (Wildman–Crippen LogP) is 4.72. The van der Waals surface area contributed by atoms with E-state index in [1.165, 1.54) is 12.2 Å². The number of hydrogen-bond donors (Lipinski definition) is 2. The number of fused-ring (bicyclic) bond motifs is 7. The van der Waals surface area contributed by atoms with Crippen LogP contribution >= 0.6 is 0 Å². The van der Waals surface area contributed by atoms with Gasteiger partial charge in [-0.15, -0.1) is 0 Å². The average Bonchev–Trinajstić information content (AvgIpc) is 3.49. The second kappa shape index (κ2) is 13.8. The van der Waals surface area contributed by atoms with Crippen LogP contribution in [-0.2, 0) is 28.6 Å². The Balaban J connectivity index is 0.00000520. The molecule has 12 atom stereocenters. The molecule has 9 nitrogen and oxygen atoms in total. The van der Waals surface area contributed by atoms with Gasteiger partial charge >= 0.3 is 0 Å². The number of halogens is 2. The monoisotopic (exact) mass is 680 g/mol. The summed E-state index contributed by atoms with van der Waals surface area (Å²) in [5, 5.41) is 21.3. The van der Waals surface area contributed by atoms with Crippen LogP contribution in [-0.4, -0.2) is 82.2 Å². The Morgan fingerprint density at radius 1 is 1.19 bits per heavy atom. The van der Waals surface area contributed by atoms with E-state index in [4.69, 9.17) is 14.2 Å². The van der Waals surface area contributed by atoms with Crippen molar-refractivity contribution in [2.24, 2.45) is 40.4 Å². The molecule has 4 aliphatic carbocycles. The topological polar surface area (TPSA) is 151 Å². The number of aliphatic hydroxyl groups excluding tert-OH is 2. The summed E-state index contributed by atoms with van der Waals surface area (Å²) in [6.07, 6.45) is 0.986. The van der Waals surface area contributed by atoms with Gasteiger partial charge in [-0.3, -0.25) is 14.4 Å². The maximum absolute atomic E-state index is 17.7. The van der Waals surface area contributed by atoms with Gasteiger partial charge in [0.1, 0.15) is 18.6 Å². The number of Topliss-reactive ketones (excluding diaryl/α,β-unsaturated/α-hetero) is 2. The second-order valence-corrected chi connectivity index (χ2v) is 15.6. The molecule has 3 saturated carbocycles. The third kappa shape index (κ3) is 5.75. The molecule has 4 fully saturated rings. The molecule has 48 heavy (non-hydrogen) atoms. The van der Waals surface area contributed by atoms with Crippen LogP contribution in [0.15, 0.2) is 36.1 Å². The van der Waals surface area contributed by atoms with Gasteiger partial charge in [0.15, 0.2) is 23.3 Å². The second-order valence-electron chi connectivity index (χ2n) is 15.6. The van der Waals surface area contributed by atoms with E-state index < -0.39 is 82.7 Å². The number of ketones is 3. The van der Waals surface area contributed by atoms with Gasteiger partial charge in [-0.2, -0.15) is 0 Å². The zero-order valence-electron chi connectivity index (χ0n) is 29.1. The number of hydrogen-bond acceptors (Lipinski definition) is 8. The van der Waals surface area contributed by atoms with Crippen LogP contribution < -0.4 is 0 Å². The van der Waals surface area contributed by atoms with Crippen molar-refractivity contribution in [3.8, 4) is 0 Å². The standard InChI is InChI=1S/C37H52F2O8.H2O/c1-8-9-33-46-32-16-25-26-15-28(38)27-14-24(41)10-11-34(27,6)36(26,39)30(43)17-35(25,7)37(32,47-33)31(44)19-45-22(5)23(12-20(2)3)13-29(42)21(4)18-40;/h10-11,14,20-21,23,25-26,28,30,32-33,40,43H,5,8-9,12-13,15-19H2,1-4,6-7H3;1H2/t21-,23+,25-,26-,28-,30-,32+,33?,34-,35-,36-,37+;/m0./s1. The Hall–Kier alpha value is -2.31. The summed E-state index contributed by atoms with van der Waals surface area (Å²) in [6.45, 7) is 14.4. The number of allylic oxidation sites excluding steroid dienone is 5. The van der Waals surface area contributed by atoms with Crippen molar-refractivity contribution in [2.45, 2.75) is 122 Å². The van der Waals surface area contributed by atoms with E-state index in [9.17, 15) is 24.6 Å². The third-order valence-corrected chi connectivity index (χ3v) is 12.2. The summed E-state index contributed by atoms with van der Waals surface area (Å²) in [5.74, 6) is -2.93. The molecule has 0 bridgehead atoms. The molecule has 0 aromatic heterocycles. The van der Waals surface area contributed by atoms with Crippen LogP contribution in [0, 0.1) is 40.4 Å². The van der Waals surface area contributed by atoms with E-state index >= 15 is 8.78 Å². The first kappa shape index (κ1) is 38.5. The van der Waals surface area contributed by atoms with Gasteiger partial charge in [0.05, 0.1) is 24.6 Å². The highest BCUT2D eigenvalue weighted by Gasteiger charge is 2.80. The molecule has 0 radical (unpaired) electrons. The molecule has 0 amide bonds. The Bertz CT molecular complexity index is 1350. The van der Waals surface area contributed by atoms with Crippen LogP contribution in [0.1, 0.15) is 86.5 Å². The van der Waals surface area contributed by atoms with Crippen molar-refractivity contribution < 1.29 is 53.1 Å². The molecule has 270 valence electrons. The molecule has 5 rings (SSSR count). The average molecular weight is 681 g/mol. The first-order valence-corrected chi connectivity index (χ1v) is 17.3. The van der Waals surface area contributed by atoms with Gasteiger partial charge in [-0.25, -0.2) is 8.78 Å². The predicted molar refractivity (Wildman–Crippen MR) is 174 cm³/mol. The normalized spacial score (nSPS) is 40.9. The van der Waals surface area contributed by atoms with E-state index in [-0.39, 0.29) is 66.7 Å². The lowest BCUT2D eigenvalue weighted by Gasteiger charge is -2.63. The van der Waals surface area contributed by atoms with Gasteiger partial charge in [0.2, 0.25) is 5.78 Å². The first-order chi connectivity index (χ1) is 22.0. The van der Waals surface area contributed by atoms with E-state index in [2.05, 4.69) is 6.58 Å². The minimum Gasteiger partial charge on any atom is -0.490 e. The molecule has 5 aliphatic rings. The van der Waals surface area contributed by atoms with Crippen LogP contribution in [0.4, 0.5) is 8.78 Å². The van der Waals surface area contributed by atoms with Crippen molar-refractivity contribution >= 4 is 17.3 Å². The van der Waals surface area contributed by atoms with Gasteiger partial charge in [-0.05, 0) is 68.6 Å². The zero-order valence-corrected chi connectivity index (χ0v) is 29.1. The highest BCUT2D eigenvalue weighted by atomic mass is 19.1. The fourth-order valence-electron chi connectivity index (χ4n) is 9.71. The maximum atomic E-state index is 17.7. The lowest BCUT2D eigenvalue weighted by molar-refractivity contribution is -0.234. The first-order valence-electron chi connectivity index (χ1n) is 17.3. The number of carbonyl (C=O) groups is 3. The molecular weight excluding hydrogens is 626 g/mol. The van der Waals surface area contributed by atoms with Crippen molar-refractivity contribution in [3.63, 3.8) is 0 Å². The van der Waals surface area contributed by atoms with Crippen LogP contribution in [0.25, 0.3) is 0 Å². The van der Waals surface area contributed by atoms with Gasteiger partial charge in [0, 0.05) is 35.0 Å². The number of aliphatic hydroxyl groups is 2. The summed E-state index contributed by atoms with van der Waals surface area (Å²) in [4.78, 5) is 39.5. The molecule has 0 spiro atoms. The minimum absolute atomic E-state index is 0. The van der Waals surface area contributed by atoms with Gasteiger partial charge in [-0.1, -0.05) is 53.7 Å². The summed E-state index contributed by atoms with van der Waals surface area (Å²) in [5.41, 5.74) is -6.50. The van der Waals surface area contributed by atoms with E-state index in [0.717, 1.165) is 12.5 Å². The van der Waals surface area contributed by atoms with Crippen molar-refractivity contribution in [3.05, 3.63) is 36.1 Å². The Morgan fingerprint density at radius 2 is 1.88 bits per heavy atom. The fourth-order valence-corrected chi connectivity index (χ4v) is 9.71. The van der Waals surface area contributed by atoms with Crippen LogP contribution in [0.3, 0.4) is 0 Å². The largest absolute Gasteiger partial charge is 0.490 e. The number of ether oxygens (including phenoxy) is 3. The van der Waals surface area contributed by atoms with E-state index in [1.807, 2.05) is 27.7 Å². The lowest BCUT2D eigenvalue weighted by Crippen LogP contribution is -2.71. The van der Waals surface area contributed by atoms with Gasteiger partial charge < -0.3 is 29.9 Å². The zero-order chi connectivity index (χ0) is 34.7. The Morgan fingerprint density at radius 3 is 2.50 bits per heavy atom. The molecule has 11 heteroatoms. The number of carbonyl (C=O) groups excluding carboxylic acids is 3.